The number of thioether (sulfide) groups is 1. The van der Waals surface area contributed by atoms with Crippen LogP contribution >= 0.6 is 23.1 Å². The van der Waals surface area contributed by atoms with Gasteiger partial charge in [0.25, 0.3) is 0 Å². The largest absolute Gasteiger partial charge is 0.300 e. The maximum atomic E-state index is 12.1. The predicted molar refractivity (Wildman–Crippen MR) is 89.1 cm³/mol. The van der Waals surface area contributed by atoms with Gasteiger partial charge in [-0.1, -0.05) is 52.9 Å². The Hall–Kier alpha value is -1.66. The number of carbonyl (C=O) groups excluding carboxylic acids is 1. The van der Waals surface area contributed by atoms with Crippen molar-refractivity contribution in [3.63, 3.8) is 0 Å². The van der Waals surface area contributed by atoms with Crippen LogP contribution in [0.4, 0.5) is 5.13 Å². The van der Waals surface area contributed by atoms with Crippen LogP contribution < -0.4 is 5.32 Å². The number of hydrogen-bond donors (Lipinski definition) is 1. The third-order valence-corrected chi connectivity index (χ3v) is 4.80. The molecule has 110 valence electrons. The van der Waals surface area contributed by atoms with E-state index in [2.05, 4.69) is 22.1 Å². The Kier molecular flexibility index (Phi) is 5.52. The standard InChI is InChI=1S/C15H17N3OS2/c1-4-7-20-15-18-17-14(21-15)16-13(19)9-12-8-10(2)5-6-11(12)3/h4-6,8H,1,7,9H2,2-3H3,(H,16,17,19). The number of aryl methyl sites for hydroxylation is 2. The summed E-state index contributed by atoms with van der Waals surface area (Å²) < 4.78 is 0.830. The molecule has 0 aliphatic rings. The van der Waals surface area contributed by atoms with E-state index in [0.717, 1.165) is 26.8 Å². The van der Waals surface area contributed by atoms with E-state index in [4.69, 9.17) is 0 Å². The summed E-state index contributed by atoms with van der Waals surface area (Å²) in [6.07, 6.45) is 2.16. The number of nitrogens with one attached hydrogen (secondary N) is 1. The van der Waals surface area contributed by atoms with Gasteiger partial charge in [0, 0.05) is 5.75 Å². The lowest BCUT2D eigenvalue weighted by Crippen LogP contribution is -2.15. The van der Waals surface area contributed by atoms with E-state index in [1.165, 1.54) is 11.3 Å². The van der Waals surface area contributed by atoms with Crippen molar-refractivity contribution < 1.29 is 4.79 Å². The Bertz CT molecular complexity index is 652. The van der Waals surface area contributed by atoms with Crippen molar-refractivity contribution in [2.45, 2.75) is 24.6 Å². The molecule has 0 atom stereocenters. The van der Waals surface area contributed by atoms with Gasteiger partial charge in [-0.25, -0.2) is 0 Å². The Balaban J connectivity index is 1.96. The molecule has 1 heterocycles. The minimum Gasteiger partial charge on any atom is -0.300 e. The van der Waals surface area contributed by atoms with Gasteiger partial charge in [0.1, 0.15) is 0 Å². The molecule has 2 rings (SSSR count). The summed E-state index contributed by atoms with van der Waals surface area (Å²) in [5.74, 6) is 0.713. The molecule has 0 bridgehead atoms. The number of carbonyl (C=O) groups is 1. The number of rotatable bonds is 6. The van der Waals surface area contributed by atoms with Crippen LogP contribution in [-0.4, -0.2) is 21.9 Å². The predicted octanol–water partition coefficient (Wildman–Crippen LogP) is 3.61. The second kappa shape index (κ2) is 7.38. The van der Waals surface area contributed by atoms with Crippen LogP contribution in [0.1, 0.15) is 16.7 Å². The first-order valence-electron chi connectivity index (χ1n) is 6.51. The highest BCUT2D eigenvalue weighted by atomic mass is 32.2. The molecule has 1 amide bonds. The second-order valence-corrected chi connectivity index (χ2v) is 6.87. The van der Waals surface area contributed by atoms with Gasteiger partial charge in [0.15, 0.2) is 4.34 Å². The summed E-state index contributed by atoms with van der Waals surface area (Å²) in [7, 11) is 0. The van der Waals surface area contributed by atoms with Gasteiger partial charge in [0.2, 0.25) is 11.0 Å². The molecule has 1 aromatic heterocycles. The molecule has 6 heteroatoms. The van der Waals surface area contributed by atoms with Crippen LogP contribution in [0.2, 0.25) is 0 Å². The van der Waals surface area contributed by atoms with Gasteiger partial charge in [0.05, 0.1) is 6.42 Å². The Morgan fingerprint density at radius 3 is 3.00 bits per heavy atom. The summed E-state index contributed by atoms with van der Waals surface area (Å²) in [4.78, 5) is 12.1. The number of hydrogen-bond acceptors (Lipinski definition) is 5. The third-order valence-electron chi connectivity index (χ3n) is 2.83. The first-order valence-corrected chi connectivity index (χ1v) is 8.32. The van der Waals surface area contributed by atoms with Crippen LogP contribution in [0, 0.1) is 13.8 Å². The van der Waals surface area contributed by atoms with Gasteiger partial charge >= 0.3 is 0 Å². The molecule has 0 aliphatic heterocycles. The van der Waals surface area contributed by atoms with Crippen molar-refractivity contribution in [3.8, 4) is 0 Å². The molecule has 0 fully saturated rings. The highest BCUT2D eigenvalue weighted by Gasteiger charge is 2.10. The monoisotopic (exact) mass is 319 g/mol. The number of amides is 1. The smallest absolute Gasteiger partial charge is 0.230 e. The van der Waals surface area contributed by atoms with E-state index < -0.39 is 0 Å². The van der Waals surface area contributed by atoms with Crippen molar-refractivity contribution in [2.75, 3.05) is 11.1 Å². The van der Waals surface area contributed by atoms with Gasteiger partial charge in [-0.2, -0.15) is 0 Å². The van der Waals surface area contributed by atoms with E-state index >= 15 is 0 Å². The average molecular weight is 319 g/mol. The van der Waals surface area contributed by atoms with E-state index in [1.54, 1.807) is 11.8 Å². The van der Waals surface area contributed by atoms with Crippen molar-refractivity contribution in [1.29, 1.82) is 0 Å². The van der Waals surface area contributed by atoms with Crippen LogP contribution in [0.5, 0.6) is 0 Å². The lowest BCUT2D eigenvalue weighted by molar-refractivity contribution is -0.115. The van der Waals surface area contributed by atoms with E-state index in [9.17, 15) is 4.79 Å². The second-order valence-electron chi connectivity index (χ2n) is 4.63. The van der Waals surface area contributed by atoms with Gasteiger partial charge in [-0.3, -0.25) is 4.79 Å². The molecular formula is C15H17N3OS2. The Labute approximate surface area is 132 Å². The number of anilines is 1. The van der Waals surface area contributed by atoms with E-state index in [-0.39, 0.29) is 5.91 Å². The van der Waals surface area contributed by atoms with Crippen LogP contribution in [-0.2, 0) is 11.2 Å². The summed E-state index contributed by atoms with van der Waals surface area (Å²) in [6, 6.07) is 6.12. The highest BCUT2D eigenvalue weighted by molar-refractivity contribution is 8.01. The van der Waals surface area contributed by atoms with Crippen LogP contribution in [0.25, 0.3) is 0 Å². The highest BCUT2D eigenvalue weighted by Crippen LogP contribution is 2.25. The SMILES string of the molecule is C=CCSc1nnc(NC(=O)Cc2cc(C)ccc2C)s1. The minimum absolute atomic E-state index is 0.0693. The average Bonchev–Trinajstić information content (AvgIpc) is 2.88. The van der Waals surface area contributed by atoms with Crippen molar-refractivity contribution >= 4 is 34.1 Å². The molecule has 0 radical (unpaired) electrons. The van der Waals surface area contributed by atoms with Crippen molar-refractivity contribution in [1.82, 2.24) is 10.2 Å². The molecule has 2 aromatic rings. The molecule has 0 unspecified atom stereocenters. The zero-order chi connectivity index (χ0) is 15.2. The summed E-state index contributed by atoms with van der Waals surface area (Å²) in [5, 5.41) is 11.3. The van der Waals surface area contributed by atoms with Crippen molar-refractivity contribution in [2.24, 2.45) is 0 Å². The lowest BCUT2D eigenvalue weighted by Gasteiger charge is -2.06. The Morgan fingerprint density at radius 1 is 1.43 bits per heavy atom. The zero-order valence-corrected chi connectivity index (χ0v) is 13.7. The van der Waals surface area contributed by atoms with Gasteiger partial charge in [-0.15, -0.1) is 16.8 Å². The first-order chi connectivity index (χ1) is 10.1. The summed E-state index contributed by atoms with van der Waals surface area (Å²) >= 11 is 2.93. The maximum Gasteiger partial charge on any atom is 0.230 e. The summed E-state index contributed by atoms with van der Waals surface area (Å²) in [5.41, 5.74) is 3.32. The molecule has 1 aromatic carbocycles. The molecule has 0 spiro atoms. The van der Waals surface area contributed by atoms with Crippen molar-refractivity contribution in [3.05, 3.63) is 47.5 Å². The topological polar surface area (TPSA) is 54.9 Å². The van der Waals surface area contributed by atoms with Gasteiger partial charge in [-0.05, 0) is 25.0 Å². The van der Waals surface area contributed by atoms with E-state index in [0.29, 0.717) is 11.6 Å². The minimum atomic E-state index is -0.0693. The molecular weight excluding hydrogens is 302 g/mol. The molecule has 0 saturated heterocycles. The van der Waals surface area contributed by atoms with Crippen LogP contribution in [0.15, 0.2) is 35.2 Å². The van der Waals surface area contributed by atoms with E-state index in [1.807, 2.05) is 38.1 Å². The number of aromatic nitrogens is 2. The molecule has 21 heavy (non-hydrogen) atoms. The lowest BCUT2D eigenvalue weighted by atomic mass is 10.0. The quantitative estimate of drug-likeness (QED) is 0.502. The fraction of sp³-hybridized carbons (Fsp3) is 0.267. The Morgan fingerprint density at radius 2 is 2.24 bits per heavy atom. The number of nitrogens with zero attached hydrogens (tertiary/aromatic N) is 2. The maximum absolute atomic E-state index is 12.1. The van der Waals surface area contributed by atoms with Gasteiger partial charge < -0.3 is 5.32 Å². The fourth-order valence-corrected chi connectivity index (χ4v) is 3.31. The molecule has 1 N–H and O–H groups in total. The zero-order valence-electron chi connectivity index (χ0n) is 12.0. The summed E-state index contributed by atoms with van der Waals surface area (Å²) in [6.45, 7) is 7.69. The van der Waals surface area contributed by atoms with Crippen LogP contribution in [0.3, 0.4) is 0 Å². The molecule has 0 saturated carbocycles. The third kappa shape index (κ3) is 4.68. The first kappa shape index (κ1) is 15.7. The molecule has 0 aliphatic carbocycles. The normalized spacial score (nSPS) is 10.4. The molecule has 4 nitrogen and oxygen atoms in total. The fourth-order valence-electron chi connectivity index (χ4n) is 1.78. The number of benzene rings is 1.